The van der Waals surface area contributed by atoms with Gasteiger partial charge < -0.3 is 20.4 Å². The van der Waals surface area contributed by atoms with E-state index in [-0.39, 0.29) is 17.8 Å². The number of rotatable bonds is 2. The predicted molar refractivity (Wildman–Crippen MR) is 64.6 cm³/mol. The zero-order valence-corrected chi connectivity index (χ0v) is 9.97. The number of anilines is 1. The number of carbonyl (C=O) groups is 2. The van der Waals surface area contributed by atoms with Crippen LogP contribution in [0.15, 0.2) is 18.2 Å². The zero-order valence-electron chi connectivity index (χ0n) is 9.97. The molecule has 6 nitrogen and oxygen atoms in total. The van der Waals surface area contributed by atoms with Crippen LogP contribution in [0, 0.1) is 5.82 Å². The number of aliphatic hydroxyl groups excluding tert-OH is 1. The Balaban J connectivity index is 2.16. The smallest absolute Gasteiger partial charge is 0.337 e. The first-order valence-corrected chi connectivity index (χ1v) is 5.74. The molecule has 19 heavy (non-hydrogen) atoms. The van der Waals surface area contributed by atoms with Crippen molar-refractivity contribution in [1.29, 1.82) is 0 Å². The van der Waals surface area contributed by atoms with E-state index in [4.69, 9.17) is 5.11 Å². The molecule has 1 heterocycles. The number of likely N-dealkylation sites (tertiary alicyclic amines) is 1. The number of nitrogens with one attached hydrogen (secondary N) is 1. The molecule has 102 valence electrons. The molecule has 0 radical (unpaired) electrons. The number of hydrogen-bond acceptors (Lipinski definition) is 3. The molecular formula is C12H13FN2O4. The Morgan fingerprint density at radius 2 is 2.16 bits per heavy atom. The van der Waals surface area contributed by atoms with Gasteiger partial charge >= 0.3 is 12.0 Å². The second-order valence-electron chi connectivity index (χ2n) is 4.31. The molecule has 0 bridgehead atoms. The van der Waals surface area contributed by atoms with Crippen molar-refractivity contribution in [2.75, 3.05) is 18.4 Å². The fraction of sp³-hybridized carbons (Fsp3) is 0.333. The van der Waals surface area contributed by atoms with Crippen LogP contribution in [-0.4, -0.2) is 46.3 Å². The maximum absolute atomic E-state index is 13.1. The molecule has 7 heteroatoms. The van der Waals surface area contributed by atoms with E-state index < -0.39 is 23.9 Å². The van der Waals surface area contributed by atoms with Crippen LogP contribution in [0.25, 0.3) is 0 Å². The van der Waals surface area contributed by atoms with Gasteiger partial charge in [0.05, 0.1) is 17.4 Å². The number of nitrogens with zero attached hydrogens (tertiary/aromatic N) is 1. The van der Waals surface area contributed by atoms with E-state index in [0.29, 0.717) is 13.0 Å². The molecular weight excluding hydrogens is 255 g/mol. The van der Waals surface area contributed by atoms with Gasteiger partial charge in [-0.3, -0.25) is 0 Å². The average molecular weight is 268 g/mol. The molecule has 1 atom stereocenters. The van der Waals surface area contributed by atoms with Crippen LogP contribution in [-0.2, 0) is 0 Å². The summed E-state index contributed by atoms with van der Waals surface area (Å²) in [5.41, 5.74) is -0.284. The third-order valence-electron chi connectivity index (χ3n) is 2.90. The van der Waals surface area contributed by atoms with Gasteiger partial charge in [0.1, 0.15) is 5.82 Å². The minimum Gasteiger partial charge on any atom is -0.478 e. The number of hydrogen-bond donors (Lipinski definition) is 3. The summed E-state index contributed by atoms with van der Waals surface area (Å²) in [6.45, 7) is 0.564. The van der Waals surface area contributed by atoms with Crippen LogP contribution in [0.2, 0.25) is 0 Å². The highest BCUT2D eigenvalue weighted by Gasteiger charge is 2.25. The lowest BCUT2D eigenvalue weighted by Gasteiger charge is -2.17. The van der Waals surface area contributed by atoms with Crippen LogP contribution in [0.5, 0.6) is 0 Å². The number of aromatic carboxylic acids is 1. The summed E-state index contributed by atoms with van der Waals surface area (Å²) in [5, 5.41) is 20.6. The van der Waals surface area contributed by atoms with E-state index in [1.165, 1.54) is 4.90 Å². The van der Waals surface area contributed by atoms with Gasteiger partial charge in [-0.25, -0.2) is 14.0 Å². The van der Waals surface area contributed by atoms with Crippen molar-refractivity contribution in [2.45, 2.75) is 12.5 Å². The Morgan fingerprint density at radius 1 is 1.42 bits per heavy atom. The van der Waals surface area contributed by atoms with Gasteiger partial charge in [-0.15, -0.1) is 0 Å². The number of benzene rings is 1. The van der Waals surface area contributed by atoms with Gasteiger partial charge in [-0.2, -0.15) is 0 Å². The third kappa shape index (κ3) is 3.00. The van der Waals surface area contributed by atoms with Crippen LogP contribution in [0.3, 0.4) is 0 Å². The highest BCUT2D eigenvalue weighted by Crippen LogP contribution is 2.19. The van der Waals surface area contributed by atoms with Gasteiger partial charge in [0.2, 0.25) is 0 Å². The van der Waals surface area contributed by atoms with Gasteiger partial charge in [0, 0.05) is 13.1 Å². The number of amides is 2. The van der Waals surface area contributed by atoms with Crippen molar-refractivity contribution >= 4 is 17.7 Å². The largest absolute Gasteiger partial charge is 0.478 e. The normalized spacial score (nSPS) is 18.4. The summed E-state index contributed by atoms with van der Waals surface area (Å²) in [6, 6.07) is 2.50. The number of carboxylic acid groups (broad SMARTS) is 1. The first kappa shape index (κ1) is 13.3. The van der Waals surface area contributed by atoms with Crippen LogP contribution >= 0.6 is 0 Å². The topological polar surface area (TPSA) is 89.9 Å². The van der Waals surface area contributed by atoms with Crippen molar-refractivity contribution < 1.29 is 24.2 Å². The summed E-state index contributed by atoms with van der Waals surface area (Å²) in [4.78, 5) is 24.1. The van der Waals surface area contributed by atoms with E-state index in [1.807, 2.05) is 0 Å². The van der Waals surface area contributed by atoms with Crippen molar-refractivity contribution in [3.8, 4) is 0 Å². The first-order valence-electron chi connectivity index (χ1n) is 5.74. The number of halogens is 1. The molecule has 1 aromatic rings. The molecule has 1 saturated heterocycles. The van der Waals surface area contributed by atoms with Crippen LogP contribution in [0.4, 0.5) is 14.9 Å². The molecule has 3 N–H and O–H groups in total. The number of urea groups is 1. The molecule has 0 aromatic heterocycles. The summed E-state index contributed by atoms with van der Waals surface area (Å²) >= 11 is 0. The lowest BCUT2D eigenvalue weighted by Crippen LogP contribution is -2.34. The Hall–Kier alpha value is -2.15. The van der Waals surface area contributed by atoms with Crippen molar-refractivity contribution in [3.05, 3.63) is 29.6 Å². The van der Waals surface area contributed by atoms with Gasteiger partial charge in [0.25, 0.3) is 0 Å². The van der Waals surface area contributed by atoms with E-state index >= 15 is 0 Å². The Bertz CT molecular complexity index is 520. The Labute approximate surface area is 108 Å². The fourth-order valence-corrected chi connectivity index (χ4v) is 1.93. The maximum Gasteiger partial charge on any atom is 0.337 e. The minimum absolute atomic E-state index is 0.0983. The number of carbonyl (C=O) groups excluding carboxylic acids is 1. The standard InChI is InChI=1S/C12H13FN2O4/c13-7-1-2-9(11(17)18)10(5-7)14-12(19)15-4-3-8(16)6-15/h1-2,5,8,16H,3-4,6H2,(H,14,19)(H,17,18). The zero-order chi connectivity index (χ0) is 14.0. The molecule has 1 fully saturated rings. The number of β-amino-alcohol motifs (C(OH)–C–C–N with tert-alkyl or cyclic N) is 1. The van der Waals surface area contributed by atoms with E-state index in [9.17, 15) is 19.1 Å². The Kier molecular flexibility index (Phi) is 3.66. The fourth-order valence-electron chi connectivity index (χ4n) is 1.93. The molecule has 2 rings (SSSR count). The quantitative estimate of drug-likeness (QED) is 0.749. The van der Waals surface area contributed by atoms with Crippen molar-refractivity contribution in [2.24, 2.45) is 0 Å². The lowest BCUT2D eigenvalue weighted by atomic mass is 10.2. The molecule has 0 aliphatic carbocycles. The predicted octanol–water partition coefficient (Wildman–Crippen LogP) is 1.12. The molecule has 1 aliphatic rings. The second kappa shape index (κ2) is 5.23. The van der Waals surface area contributed by atoms with Crippen LogP contribution < -0.4 is 5.32 Å². The summed E-state index contributed by atoms with van der Waals surface area (Å²) < 4.78 is 13.1. The minimum atomic E-state index is -1.25. The molecule has 1 aromatic carbocycles. The molecule has 0 saturated carbocycles. The number of aliphatic hydroxyl groups is 1. The van der Waals surface area contributed by atoms with E-state index in [0.717, 1.165) is 18.2 Å². The Morgan fingerprint density at radius 3 is 2.74 bits per heavy atom. The highest BCUT2D eigenvalue weighted by molar-refractivity contribution is 6.00. The highest BCUT2D eigenvalue weighted by atomic mass is 19.1. The first-order chi connectivity index (χ1) is 8.97. The number of carboxylic acids is 1. The monoisotopic (exact) mass is 268 g/mol. The molecule has 1 unspecified atom stereocenters. The van der Waals surface area contributed by atoms with E-state index in [1.54, 1.807) is 0 Å². The van der Waals surface area contributed by atoms with E-state index in [2.05, 4.69) is 5.32 Å². The summed E-state index contributed by atoms with van der Waals surface area (Å²) in [7, 11) is 0. The van der Waals surface area contributed by atoms with Crippen molar-refractivity contribution in [1.82, 2.24) is 4.90 Å². The van der Waals surface area contributed by atoms with Gasteiger partial charge in [0.15, 0.2) is 0 Å². The summed E-state index contributed by atoms with van der Waals surface area (Å²) in [5.74, 6) is -1.89. The van der Waals surface area contributed by atoms with Crippen LogP contribution in [0.1, 0.15) is 16.8 Å². The summed E-state index contributed by atoms with van der Waals surface area (Å²) in [6.07, 6.45) is -0.0975. The molecule has 2 amide bonds. The van der Waals surface area contributed by atoms with Crippen molar-refractivity contribution in [3.63, 3.8) is 0 Å². The molecule has 0 spiro atoms. The molecule has 1 aliphatic heterocycles. The average Bonchev–Trinajstić information content (AvgIpc) is 2.75. The SMILES string of the molecule is O=C(O)c1ccc(F)cc1NC(=O)N1CCC(O)C1. The maximum atomic E-state index is 13.1. The third-order valence-corrected chi connectivity index (χ3v) is 2.90. The second-order valence-corrected chi connectivity index (χ2v) is 4.31. The van der Waals surface area contributed by atoms with Gasteiger partial charge in [-0.1, -0.05) is 0 Å². The van der Waals surface area contributed by atoms with Gasteiger partial charge in [-0.05, 0) is 24.6 Å². The lowest BCUT2D eigenvalue weighted by molar-refractivity contribution is 0.0698.